The van der Waals surface area contributed by atoms with Crippen LogP contribution >= 0.6 is 27.5 Å². The monoisotopic (exact) mass is 338 g/mol. The summed E-state index contributed by atoms with van der Waals surface area (Å²) in [5.74, 6) is -0.197. The summed E-state index contributed by atoms with van der Waals surface area (Å²) in [5.41, 5.74) is 2.92. The smallest absolute Gasteiger partial charge is 0.256 e. The van der Waals surface area contributed by atoms with Gasteiger partial charge in [0.1, 0.15) is 0 Å². The third-order valence-corrected chi connectivity index (χ3v) is 4.01. The lowest BCUT2D eigenvalue weighted by Gasteiger charge is -2.11. The molecular formula is C14H12BrClN2O. The van der Waals surface area contributed by atoms with E-state index in [4.69, 9.17) is 11.6 Å². The zero-order chi connectivity index (χ0) is 14.0. The largest absolute Gasteiger partial charge is 0.319 e. The molecule has 19 heavy (non-hydrogen) atoms. The standard InChI is InChI=1S/C14H12BrClN2O/c1-8-6-7-17-13(16)12(8)18-14(19)10-4-3-5-11(15)9(10)2/h3-7H,1-2H3,(H,18,19). The number of amides is 1. The zero-order valence-electron chi connectivity index (χ0n) is 10.5. The van der Waals surface area contributed by atoms with Gasteiger partial charge in [0.05, 0.1) is 5.69 Å². The maximum Gasteiger partial charge on any atom is 0.256 e. The van der Waals surface area contributed by atoms with Crippen molar-refractivity contribution in [3.63, 3.8) is 0 Å². The summed E-state index contributed by atoms with van der Waals surface area (Å²) in [7, 11) is 0. The summed E-state index contributed by atoms with van der Waals surface area (Å²) in [6.07, 6.45) is 1.61. The molecule has 0 aliphatic rings. The molecule has 0 saturated carbocycles. The van der Waals surface area contributed by atoms with Crippen LogP contribution < -0.4 is 5.32 Å². The second kappa shape index (κ2) is 5.72. The molecular weight excluding hydrogens is 328 g/mol. The highest BCUT2D eigenvalue weighted by Crippen LogP contribution is 2.25. The molecule has 5 heteroatoms. The van der Waals surface area contributed by atoms with Crippen molar-refractivity contribution in [1.82, 2.24) is 4.98 Å². The van der Waals surface area contributed by atoms with Crippen LogP contribution in [0.3, 0.4) is 0 Å². The molecule has 0 aliphatic carbocycles. The van der Waals surface area contributed by atoms with Gasteiger partial charge in [0, 0.05) is 16.2 Å². The number of anilines is 1. The Balaban J connectivity index is 2.34. The van der Waals surface area contributed by atoms with Gasteiger partial charge in [-0.05, 0) is 43.2 Å². The van der Waals surface area contributed by atoms with E-state index in [1.165, 1.54) is 0 Å². The van der Waals surface area contributed by atoms with E-state index in [1.54, 1.807) is 18.3 Å². The Kier molecular flexibility index (Phi) is 4.22. The minimum absolute atomic E-state index is 0.197. The molecule has 2 rings (SSSR count). The first-order valence-electron chi connectivity index (χ1n) is 5.68. The molecule has 1 amide bonds. The van der Waals surface area contributed by atoms with Gasteiger partial charge in [-0.15, -0.1) is 0 Å². The molecule has 0 bridgehead atoms. The first-order valence-corrected chi connectivity index (χ1v) is 6.85. The minimum Gasteiger partial charge on any atom is -0.319 e. The molecule has 1 aromatic carbocycles. The lowest BCUT2D eigenvalue weighted by atomic mass is 10.1. The van der Waals surface area contributed by atoms with E-state index in [9.17, 15) is 4.79 Å². The van der Waals surface area contributed by atoms with Gasteiger partial charge in [-0.25, -0.2) is 4.98 Å². The molecule has 1 N–H and O–H groups in total. The molecule has 3 nitrogen and oxygen atoms in total. The van der Waals surface area contributed by atoms with Crippen molar-refractivity contribution >= 4 is 39.1 Å². The van der Waals surface area contributed by atoms with Crippen molar-refractivity contribution < 1.29 is 4.79 Å². The summed E-state index contributed by atoms with van der Waals surface area (Å²) >= 11 is 9.41. The molecule has 0 fully saturated rings. The van der Waals surface area contributed by atoms with Gasteiger partial charge in [-0.1, -0.05) is 33.6 Å². The first kappa shape index (κ1) is 14.0. The van der Waals surface area contributed by atoms with Crippen LogP contribution in [0.5, 0.6) is 0 Å². The predicted octanol–water partition coefficient (Wildman–Crippen LogP) is 4.37. The summed E-state index contributed by atoms with van der Waals surface area (Å²) < 4.78 is 0.897. The maximum atomic E-state index is 12.3. The van der Waals surface area contributed by atoms with Crippen LogP contribution in [0.2, 0.25) is 5.15 Å². The molecule has 98 valence electrons. The number of aromatic nitrogens is 1. The van der Waals surface area contributed by atoms with Crippen LogP contribution in [0.15, 0.2) is 34.9 Å². The van der Waals surface area contributed by atoms with Crippen molar-refractivity contribution in [2.45, 2.75) is 13.8 Å². The van der Waals surface area contributed by atoms with Gasteiger partial charge in [-0.2, -0.15) is 0 Å². The molecule has 2 aromatic rings. The molecule has 1 aromatic heterocycles. The van der Waals surface area contributed by atoms with Crippen LogP contribution in [0.25, 0.3) is 0 Å². The highest BCUT2D eigenvalue weighted by atomic mass is 79.9. The summed E-state index contributed by atoms with van der Waals surface area (Å²) in [4.78, 5) is 16.2. The minimum atomic E-state index is -0.197. The fraction of sp³-hybridized carbons (Fsp3) is 0.143. The SMILES string of the molecule is Cc1ccnc(Cl)c1NC(=O)c1cccc(Br)c1C. The summed E-state index contributed by atoms with van der Waals surface area (Å²) in [6.45, 7) is 3.76. The molecule has 0 radical (unpaired) electrons. The van der Waals surface area contributed by atoms with Crippen molar-refractivity contribution in [3.05, 3.63) is 56.8 Å². The van der Waals surface area contributed by atoms with Crippen LogP contribution in [0.1, 0.15) is 21.5 Å². The van der Waals surface area contributed by atoms with Crippen LogP contribution in [-0.4, -0.2) is 10.9 Å². The molecule has 0 atom stereocenters. The van der Waals surface area contributed by atoms with Gasteiger partial charge in [0.15, 0.2) is 5.15 Å². The van der Waals surface area contributed by atoms with Crippen LogP contribution in [0.4, 0.5) is 5.69 Å². The lowest BCUT2D eigenvalue weighted by Crippen LogP contribution is -2.15. The Hall–Kier alpha value is -1.39. The number of rotatable bonds is 2. The average molecular weight is 340 g/mol. The number of carbonyl (C=O) groups excluding carboxylic acids is 1. The van der Waals surface area contributed by atoms with E-state index in [0.717, 1.165) is 15.6 Å². The zero-order valence-corrected chi connectivity index (χ0v) is 12.8. The first-order chi connectivity index (χ1) is 9.00. The molecule has 0 spiro atoms. The van der Waals surface area contributed by atoms with Gasteiger partial charge in [0.2, 0.25) is 0 Å². The van der Waals surface area contributed by atoms with Gasteiger partial charge < -0.3 is 5.32 Å². The van der Waals surface area contributed by atoms with Crippen molar-refractivity contribution in [2.75, 3.05) is 5.32 Å². The van der Waals surface area contributed by atoms with E-state index in [1.807, 2.05) is 26.0 Å². The fourth-order valence-electron chi connectivity index (χ4n) is 1.71. The van der Waals surface area contributed by atoms with E-state index < -0.39 is 0 Å². The number of pyridine rings is 1. The number of hydrogen-bond donors (Lipinski definition) is 1. The number of nitrogens with one attached hydrogen (secondary N) is 1. The second-order valence-corrected chi connectivity index (χ2v) is 5.37. The van der Waals surface area contributed by atoms with Gasteiger partial charge >= 0.3 is 0 Å². The summed E-state index contributed by atoms with van der Waals surface area (Å²) in [6, 6.07) is 7.29. The molecule has 0 aliphatic heterocycles. The topological polar surface area (TPSA) is 42.0 Å². The Bertz CT molecular complexity index is 623. The molecule has 1 heterocycles. The van der Waals surface area contributed by atoms with Crippen molar-refractivity contribution in [2.24, 2.45) is 0 Å². The molecule has 0 unspecified atom stereocenters. The normalized spacial score (nSPS) is 10.3. The number of nitrogens with zero attached hydrogens (tertiary/aromatic N) is 1. The Morgan fingerprint density at radius 2 is 2.05 bits per heavy atom. The van der Waals surface area contributed by atoms with E-state index in [-0.39, 0.29) is 5.91 Å². The maximum absolute atomic E-state index is 12.3. The Morgan fingerprint density at radius 3 is 2.74 bits per heavy atom. The Labute approximate surface area is 125 Å². The average Bonchev–Trinajstić information content (AvgIpc) is 2.37. The number of halogens is 2. The van der Waals surface area contributed by atoms with Gasteiger partial charge in [0.25, 0.3) is 5.91 Å². The van der Waals surface area contributed by atoms with Crippen molar-refractivity contribution in [3.8, 4) is 0 Å². The second-order valence-electron chi connectivity index (χ2n) is 4.16. The van der Waals surface area contributed by atoms with Crippen LogP contribution in [-0.2, 0) is 0 Å². The highest BCUT2D eigenvalue weighted by Gasteiger charge is 2.14. The third-order valence-electron chi connectivity index (χ3n) is 2.86. The lowest BCUT2D eigenvalue weighted by molar-refractivity contribution is 0.102. The predicted molar refractivity (Wildman–Crippen MR) is 80.8 cm³/mol. The number of benzene rings is 1. The van der Waals surface area contributed by atoms with E-state index >= 15 is 0 Å². The Morgan fingerprint density at radius 1 is 1.32 bits per heavy atom. The highest BCUT2D eigenvalue weighted by molar-refractivity contribution is 9.10. The quantitative estimate of drug-likeness (QED) is 0.826. The van der Waals surface area contributed by atoms with Crippen LogP contribution in [0, 0.1) is 13.8 Å². The number of aryl methyl sites for hydroxylation is 1. The van der Waals surface area contributed by atoms with E-state index in [0.29, 0.717) is 16.4 Å². The summed E-state index contributed by atoms with van der Waals surface area (Å²) in [5, 5.41) is 3.10. The molecule has 0 saturated heterocycles. The third kappa shape index (κ3) is 2.96. The fourth-order valence-corrected chi connectivity index (χ4v) is 2.33. The van der Waals surface area contributed by atoms with Crippen molar-refractivity contribution in [1.29, 1.82) is 0 Å². The van der Waals surface area contributed by atoms with E-state index in [2.05, 4.69) is 26.2 Å². The number of hydrogen-bond acceptors (Lipinski definition) is 2. The number of carbonyl (C=O) groups is 1. The van der Waals surface area contributed by atoms with Gasteiger partial charge in [-0.3, -0.25) is 4.79 Å².